The largest absolute Gasteiger partial charge is 0.316 e. The SMILES string of the molecule is Cc1cc(/C=N/NC(=O)c2ccc(CN(c3ccccc3)S(C)(=O)=O)cc2)c(C)n1-c1ccc(Cl)cc1Cl. The Kier molecular flexibility index (Phi) is 8.26. The molecule has 1 N–H and O–H groups in total. The molecule has 0 atom stereocenters. The number of hydrogen-bond acceptors (Lipinski definition) is 4. The molecule has 1 heterocycles. The van der Waals surface area contributed by atoms with Gasteiger partial charge in [-0.2, -0.15) is 5.10 Å². The molecule has 38 heavy (non-hydrogen) atoms. The van der Waals surface area contributed by atoms with Crippen LogP contribution in [0.3, 0.4) is 0 Å². The molecule has 0 unspecified atom stereocenters. The highest BCUT2D eigenvalue weighted by Gasteiger charge is 2.18. The fourth-order valence-electron chi connectivity index (χ4n) is 4.10. The highest BCUT2D eigenvalue weighted by molar-refractivity contribution is 7.92. The van der Waals surface area contributed by atoms with E-state index in [9.17, 15) is 13.2 Å². The molecule has 0 saturated carbocycles. The van der Waals surface area contributed by atoms with Crippen LogP contribution in [0.15, 0.2) is 84.0 Å². The van der Waals surface area contributed by atoms with Crippen LogP contribution in [0.2, 0.25) is 10.0 Å². The van der Waals surface area contributed by atoms with E-state index in [-0.39, 0.29) is 12.5 Å². The number of nitrogens with one attached hydrogen (secondary N) is 1. The number of nitrogens with zero attached hydrogens (tertiary/aromatic N) is 3. The number of hydrogen-bond donors (Lipinski definition) is 1. The van der Waals surface area contributed by atoms with Crippen molar-refractivity contribution in [1.82, 2.24) is 9.99 Å². The van der Waals surface area contributed by atoms with Crippen molar-refractivity contribution in [3.63, 3.8) is 0 Å². The third kappa shape index (κ3) is 6.27. The molecule has 1 amide bonds. The second kappa shape index (κ2) is 11.4. The van der Waals surface area contributed by atoms with E-state index in [0.29, 0.717) is 21.3 Å². The number of hydrazone groups is 1. The van der Waals surface area contributed by atoms with Crippen molar-refractivity contribution >= 4 is 51.0 Å². The lowest BCUT2D eigenvalue weighted by molar-refractivity contribution is 0.0955. The fourth-order valence-corrected chi connectivity index (χ4v) is 5.48. The van der Waals surface area contributed by atoms with Crippen molar-refractivity contribution in [3.8, 4) is 5.69 Å². The van der Waals surface area contributed by atoms with Crippen molar-refractivity contribution in [2.45, 2.75) is 20.4 Å². The first kappa shape index (κ1) is 27.4. The first-order valence-electron chi connectivity index (χ1n) is 11.6. The van der Waals surface area contributed by atoms with Gasteiger partial charge in [0, 0.05) is 27.5 Å². The number of halogens is 2. The van der Waals surface area contributed by atoms with E-state index in [1.54, 1.807) is 66.9 Å². The average molecular weight is 570 g/mol. The van der Waals surface area contributed by atoms with Crippen LogP contribution in [0.5, 0.6) is 0 Å². The van der Waals surface area contributed by atoms with Gasteiger partial charge in [0.05, 0.1) is 35.4 Å². The molecule has 0 bridgehead atoms. The summed E-state index contributed by atoms with van der Waals surface area (Å²) in [5.74, 6) is -0.384. The molecule has 0 saturated heterocycles. The standard InChI is InChI=1S/C28H26Cl2N4O3S/c1-19-15-23(20(2)34(19)27-14-13-24(29)16-26(27)30)17-31-32-28(35)22-11-9-21(10-12-22)18-33(38(3,36)37)25-7-5-4-6-8-25/h4-17H,18H2,1-3H3,(H,32,35)/b31-17+. The first-order valence-corrected chi connectivity index (χ1v) is 14.2. The number of aromatic nitrogens is 1. The summed E-state index contributed by atoms with van der Waals surface area (Å²) in [6.45, 7) is 4.04. The molecule has 3 aromatic carbocycles. The summed E-state index contributed by atoms with van der Waals surface area (Å²) < 4.78 is 28.0. The van der Waals surface area contributed by atoms with E-state index in [4.69, 9.17) is 23.2 Å². The van der Waals surface area contributed by atoms with Gasteiger partial charge in [0.1, 0.15) is 0 Å². The number of carbonyl (C=O) groups excluding carboxylic acids is 1. The quantitative estimate of drug-likeness (QED) is 0.205. The smallest absolute Gasteiger partial charge is 0.271 e. The van der Waals surface area contributed by atoms with Crippen molar-refractivity contribution in [3.05, 3.63) is 117 Å². The summed E-state index contributed by atoms with van der Waals surface area (Å²) in [7, 11) is -3.49. The Bertz CT molecular complexity index is 1600. The molecular weight excluding hydrogens is 543 g/mol. The Morgan fingerprint density at radius 2 is 1.68 bits per heavy atom. The molecule has 0 aliphatic rings. The highest BCUT2D eigenvalue weighted by Crippen LogP contribution is 2.28. The minimum absolute atomic E-state index is 0.149. The highest BCUT2D eigenvalue weighted by atomic mass is 35.5. The lowest BCUT2D eigenvalue weighted by atomic mass is 10.1. The lowest BCUT2D eigenvalue weighted by Crippen LogP contribution is -2.29. The molecule has 10 heteroatoms. The van der Waals surface area contributed by atoms with Crippen LogP contribution < -0.4 is 9.73 Å². The van der Waals surface area contributed by atoms with Crippen LogP contribution in [-0.2, 0) is 16.6 Å². The Balaban J connectivity index is 1.44. The second-order valence-corrected chi connectivity index (χ2v) is 11.5. The molecule has 0 fully saturated rings. The molecule has 0 aliphatic carbocycles. The molecule has 4 aromatic rings. The third-order valence-electron chi connectivity index (χ3n) is 5.98. The molecule has 0 radical (unpaired) electrons. The normalized spacial score (nSPS) is 11.6. The van der Waals surface area contributed by atoms with Gasteiger partial charge in [-0.3, -0.25) is 9.10 Å². The number of anilines is 1. The summed E-state index contributed by atoms with van der Waals surface area (Å²) in [5.41, 5.74) is 7.74. The maximum Gasteiger partial charge on any atom is 0.271 e. The van der Waals surface area contributed by atoms with E-state index in [0.717, 1.165) is 28.2 Å². The van der Waals surface area contributed by atoms with Crippen molar-refractivity contribution < 1.29 is 13.2 Å². The number of carbonyl (C=O) groups is 1. The molecule has 0 spiro atoms. The average Bonchev–Trinajstić information content (AvgIpc) is 3.15. The minimum atomic E-state index is -3.49. The van der Waals surface area contributed by atoms with E-state index in [1.165, 1.54) is 10.6 Å². The maximum atomic E-state index is 12.6. The van der Waals surface area contributed by atoms with Gasteiger partial charge in [-0.1, -0.05) is 53.5 Å². The van der Waals surface area contributed by atoms with Gasteiger partial charge < -0.3 is 4.57 Å². The van der Waals surface area contributed by atoms with Crippen molar-refractivity contribution in [1.29, 1.82) is 0 Å². The summed E-state index contributed by atoms with van der Waals surface area (Å²) >= 11 is 12.4. The van der Waals surface area contributed by atoms with Gasteiger partial charge in [-0.25, -0.2) is 13.8 Å². The summed E-state index contributed by atoms with van der Waals surface area (Å²) in [5, 5.41) is 5.22. The topological polar surface area (TPSA) is 83.8 Å². The lowest BCUT2D eigenvalue weighted by Gasteiger charge is -2.22. The third-order valence-corrected chi connectivity index (χ3v) is 7.66. The van der Waals surface area contributed by atoms with Gasteiger partial charge in [-0.05, 0) is 67.9 Å². The molecule has 0 aliphatic heterocycles. The van der Waals surface area contributed by atoms with Gasteiger partial charge in [0.25, 0.3) is 5.91 Å². The Morgan fingerprint density at radius 1 is 1.00 bits per heavy atom. The Labute approximate surface area is 232 Å². The number of amides is 1. The van der Waals surface area contributed by atoms with Crippen LogP contribution in [-0.4, -0.2) is 31.4 Å². The van der Waals surface area contributed by atoms with Crippen LogP contribution in [0.1, 0.15) is 32.9 Å². The molecule has 7 nitrogen and oxygen atoms in total. The van der Waals surface area contributed by atoms with E-state index < -0.39 is 10.0 Å². The van der Waals surface area contributed by atoms with Crippen LogP contribution in [0.4, 0.5) is 5.69 Å². The van der Waals surface area contributed by atoms with E-state index >= 15 is 0 Å². The Morgan fingerprint density at radius 3 is 2.32 bits per heavy atom. The predicted molar refractivity (Wildman–Crippen MR) is 154 cm³/mol. The molecule has 1 aromatic heterocycles. The molecular formula is C28H26Cl2N4O3S. The Hall–Kier alpha value is -3.59. The van der Waals surface area contributed by atoms with Crippen molar-refractivity contribution in [2.75, 3.05) is 10.6 Å². The minimum Gasteiger partial charge on any atom is -0.316 e. The number of benzene rings is 3. The number of aryl methyl sites for hydroxylation is 1. The fraction of sp³-hybridized carbons (Fsp3) is 0.143. The zero-order chi connectivity index (χ0) is 27.4. The van der Waals surface area contributed by atoms with Crippen LogP contribution in [0.25, 0.3) is 5.69 Å². The van der Waals surface area contributed by atoms with Crippen LogP contribution >= 0.6 is 23.2 Å². The predicted octanol–water partition coefficient (Wildman–Crippen LogP) is 6.13. The summed E-state index contributed by atoms with van der Waals surface area (Å²) in [6.07, 6.45) is 2.75. The number of para-hydroxylation sites is 1. The zero-order valence-corrected chi connectivity index (χ0v) is 23.3. The molecule has 4 rings (SSSR count). The summed E-state index contributed by atoms with van der Waals surface area (Å²) in [6, 6.07) is 22.9. The number of rotatable bonds is 8. The monoisotopic (exact) mass is 568 g/mol. The van der Waals surface area contributed by atoms with Gasteiger partial charge >= 0.3 is 0 Å². The number of sulfonamides is 1. The van der Waals surface area contributed by atoms with Gasteiger partial charge in [0.15, 0.2) is 0 Å². The van der Waals surface area contributed by atoms with E-state index in [1.807, 2.05) is 36.6 Å². The maximum absolute atomic E-state index is 12.6. The zero-order valence-electron chi connectivity index (χ0n) is 21.0. The van der Waals surface area contributed by atoms with E-state index in [2.05, 4.69) is 10.5 Å². The van der Waals surface area contributed by atoms with Gasteiger partial charge in [-0.15, -0.1) is 0 Å². The first-order chi connectivity index (χ1) is 18.0. The summed E-state index contributed by atoms with van der Waals surface area (Å²) in [4.78, 5) is 12.6. The molecule has 196 valence electrons. The van der Waals surface area contributed by atoms with Crippen molar-refractivity contribution in [2.24, 2.45) is 5.10 Å². The van der Waals surface area contributed by atoms with Gasteiger partial charge in [0.2, 0.25) is 10.0 Å². The van der Waals surface area contributed by atoms with Crippen LogP contribution in [0, 0.1) is 13.8 Å². The second-order valence-electron chi connectivity index (χ2n) is 8.76.